The highest BCUT2D eigenvalue weighted by Crippen LogP contribution is 2.31. The second-order valence-corrected chi connectivity index (χ2v) is 4.91. The zero-order chi connectivity index (χ0) is 15.6. The summed E-state index contributed by atoms with van der Waals surface area (Å²) in [5.41, 5.74) is 0.700. The second kappa shape index (κ2) is 5.85. The first-order valence-corrected chi connectivity index (χ1v) is 6.37. The number of aliphatic hydroxyl groups is 1. The minimum absolute atomic E-state index is 0.0604. The lowest BCUT2D eigenvalue weighted by atomic mass is 9.97. The Balaban J connectivity index is 2.24. The van der Waals surface area contributed by atoms with E-state index in [1.165, 1.54) is 24.3 Å². The SMILES string of the molecule is Cc1ccc(F)cc1CC(O)c1cccc(C(F)(F)F)c1. The highest BCUT2D eigenvalue weighted by Gasteiger charge is 2.30. The molecule has 0 saturated carbocycles. The first-order chi connectivity index (χ1) is 9.77. The van der Waals surface area contributed by atoms with Gasteiger partial charge >= 0.3 is 6.18 Å². The van der Waals surface area contributed by atoms with Gasteiger partial charge in [0.25, 0.3) is 0 Å². The van der Waals surface area contributed by atoms with E-state index in [2.05, 4.69) is 0 Å². The number of alkyl halides is 3. The maximum absolute atomic E-state index is 13.2. The molecule has 0 amide bonds. The average molecular weight is 298 g/mol. The average Bonchev–Trinajstić information content (AvgIpc) is 2.42. The molecule has 0 aliphatic carbocycles. The standard InChI is InChI=1S/C16H14F4O/c1-10-5-6-14(17)8-12(10)9-15(21)11-3-2-4-13(7-11)16(18,19)20/h2-8,15,21H,9H2,1H3. The third kappa shape index (κ3) is 3.82. The van der Waals surface area contributed by atoms with E-state index in [0.717, 1.165) is 17.7 Å². The van der Waals surface area contributed by atoms with E-state index in [4.69, 9.17) is 0 Å². The number of aliphatic hydroxyl groups excluding tert-OH is 1. The summed E-state index contributed by atoms with van der Waals surface area (Å²) in [6.45, 7) is 1.76. The largest absolute Gasteiger partial charge is 0.416 e. The molecule has 0 radical (unpaired) electrons. The van der Waals surface area contributed by atoms with Crippen molar-refractivity contribution in [1.82, 2.24) is 0 Å². The molecule has 1 unspecified atom stereocenters. The monoisotopic (exact) mass is 298 g/mol. The molecule has 0 aliphatic heterocycles. The summed E-state index contributed by atoms with van der Waals surface area (Å²) >= 11 is 0. The zero-order valence-corrected chi connectivity index (χ0v) is 11.3. The van der Waals surface area contributed by atoms with Crippen LogP contribution in [0.3, 0.4) is 0 Å². The molecular weight excluding hydrogens is 284 g/mol. The molecule has 5 heteroatoms. The molecule has 21 heavy (non-hydrogen) atoms. The molecule has 112 valence electrons. The summed E-state index contributed by atoms with van der Waals surface area (Å²) in [6.07, 6.45) is -5.51. The molecule has 2 aromatic rings. The van der Waals surface area contributed by atoms with Crippen molar-refractivity contribution in [3.63, 3.8) is 0 Å². The van der Waals surface area contributed by atoms with Crippen LogP contribution in [0.25, 0.3) is 0 Å². The first kappa shape index (κ1) is 15.5. The molecule has 0 aromatic heterocycles. The topological polar surface area (TPSA) is 20.2 Å². The van der Waals surface area contributed by atoms with Gasteiger partial charge in [0.1, 0.15) is 5.82 Å². The molecule has 0 aliphatic rings. The van der Waals surface area contributed by atoms with Gasteiger partial charge in [0.05, 0.1) is 11.7 Å². The lowest BCUT2D eigenvalue weighted by Crippen LogP contribution is -2.08. The van der Waals surface area contributed by atoms with E-state index in [1.807, 2.05) is 0 Å². The van der Waals surface area contributed by atoms with Crippen LogP contribution in [0.4, 0.5) is 17.6 Å². The summed E-state index contributed by atoms with van der Waals surface area (Å²) in [4.78, 5) is 0. The van der Waals surface area contributed by atoms with Gasteiger partial charge in [-0.2, -0.15) is 13.2 Å². The van der Waals surface area contributed by atoms with E-state index in [9.17, 15) is 22.7 Å². The molecule has 2 rings (SSSR count). The van der Waals surface area contributed by atoms with Crippen molar-refractivity contribution in [1.29, 1.82) is 0 Å². The summed E-state index contributed by atoms with van der Waals surface area (Å²) in [5, 5.41) is 10.1. The highest BCUT2D eigenvalue weighted by atomic mass is 19.4. The van der Waals surface area contributed by atoms with Gasteiger partial charge in [0.2, 0.25) is 0 Å². The molecule has 1 nitrogen and oxygen atoms in total. The molecule has 2 aromatic carbocycles. The van der Waals surface area contributed by atoms with Gasteiger partial charge in [-0.3, -0.25) is 0 Å². The van der Waals surface area contributed by atoms with E-state index in [-0.39, 0.29) is 12.0 Å². The Morgan fingerprint density at radius 2 is 1.81 bits per heavy atom. The molecule has 0 saturated heterocycles. The molecule has 1 N–H and O–H groups in total. The van der Waals surface area contributed by atoms with Gasteiger partial charge in [0.15, 0.2) is 0 Å². The van der Waals surface area contributed by atoms with Gasteiger partial charge in [0, 0.05) is 6.42 Å². The van der Waals surface area contributed by atoms with Gasteiger partial charge in [-0.15, -0.1) is 0 Å². The van der Waals surface area contributed by atoms with Gasteiger partial charge in [-0.05, 0) is 47.9 Å². The fourth-order valence-corrected chi connectivity index (χ4v) is 2.11. The predicted molar refractivity (Wildman–Crippen MR) is 71.2 cm³/mol. The van der Waals surface area contributed by atoms with Crippen LogP contribution in [0.1, 0.15) is 28.4 Å². The van der Waals surface area contributed by atoms with Crippen molar-refractivity contribution in [2.45, 2.75) is 25.6 Å². The van der Waals surface area contributed by atoms with Crippen molar-refractivity contribution >= 4 is 0 Å². The minimum Gasteiger partial charge on any atom is -0.388 e. The van der Waals surface area contributed by atoms with Crippen molar-refractivity contribution in [2.24, 2.45) is 0 Å². The summed E-state index contributed by atoms with van der Waals surface area (Å²) < 4.78 is 51.1. The Morgan fingerprint density at radius 1 is 1.10 bits per heavy atom. The van der Waals surface area contributed by atoms with Gasteiger partial charge in [-0.25, -0.2) is 4.39 Å². The molecule has 0 spiro atoms. The number of hydrogen-bond donors (Lipinski definition) is 1. The van der Waals surface area contributed by atoms with Crippen LogP contribution in [0.5, 0.6) is 0 Å². The Labute approximate surface area is 119 Å². The van der Waals surface area contributed by atoms with E-state index >= 15 is 0 Å². The molecule has 0 bridgehead atoms. The maximum atomic E-state index is 13.2. The first-order valence-electron chi connectivity index (χ1n) is 6.37. The van der Waals surface area contributed by atoms with Gasteiger partial charge < -0.3 is 5.11 Å². The fourth-order valence-electron chi connectivity index (χ4n) is 2.11. The van der Waals surface area contributed by atoms with Crippen molar-refractivity contribution in [3.05, 3.63) is 70.5 Å². The van der Waals surface area contributed by atoms with Crippen LogP contribution in [-0.2, 0) is 12.6 Å². The van der Waals surface area contributed by atoms with Crippen LogP contribution in [0.15, 0.2) is 42.5 Å². The second-order valence-electron chi connectivity index (χ2n) is 4.91. The Bertz CT molecular complexity index is 634. The smallest absolute Gasteiger partial charge is 0.388 e. The quantitative estimate of drug-likeness (QED) is 0.831. The van der Waals surface area contributed by atoms with E-state index in [0.29, 0.717) is 5.56 Å². The molecular formula is C16H14F4O. The maximum Gasteiger partial charge on any atom is 0.416 e. The number of benzene rings is 2. The van der Waals surface area contributed by atoms with Crippen LogP contribution in [0.2, 0.25) is 0 Å². The number of rotatable bonds is 3. The van der Waals surface area contributed by atoms with Crippen LogP contribution < -0.4 is 0 Å². The molecule has 1 atom stereocenters. The Kier molecular flexibility index (Phi) is 4.32. The summed E-state index contributed by atoms with van der Waals surface area (Å²) in [6, 6.07) is 8.70. The number of aryl methyl sites for hydroxylation is 1. The minimum atomic E-state index is -4.45. The summed E-state index contributed by atoms with van der Waals surface area (Å²) in [5.74, 6) is -0.438. The summed E-state index contributed by atoms with van der Waals surface area (Å²) in [7, 11) is 0. The predicted octanol–water partition coefficient (Wildman–Crippen LogP) is 4.43. The van der Waals surface area contributed by atoms with E-state index in [1.54, 1.807) is 13.0 Å². The zero-order valence-electron chi connectivity index (χ0n) is 11.3. The Hall–Kier alpha value is -1.88. The van der Waals surface area contributed by atoms with Crippen LogP contribution >= 0.6 is 0 Å². The van der Waals surface area contributed by atoms with Gasteiger partial charge in [-0.1, -0.05) is 18.2 Å². The molecule has 0 heterocycles. The fraction of sp³-hybridized carbons (Fsp3) is 0.250. The lowest BCUT2D eigenvalue weighted by molar-refractivity contribution is -0.137. The third-order valence-corrected chi connectivity index (χ3v) is 3.32. The van der Waals surface area contributed by atoms with Crippen molar-refractivity contribution in [2.75, 3.05) is 0 Å². The lowest BCUT2D eigenvalue weighted by Gasteiger charge is -2.15. The normalized spacial score (nSPS) is 13.2. The molecule has 0 fully saturated rings. The Morgan fingerprint density at radius 3 is 2.48 bits per heavy atom. The van der Waals surface area contributed by atoms with Crippen molar-refractivity contribution < 1.29 is 22.7 Å². The third-order valence-electron chi connectivity index (χ3n) is 3.32. The van der Waals surface area contributed by atoms with Crippen LogP contribution in [0, 0.1) is 12.7 Å². The van der Waals surface area contributed by atoms with Crippen molar-refractivity contribution in [3.8, 4) is 0 Å². The number of hydrogen-bond acceptors (Lipinski definition) is 1. The van der Waals surface area contributed by atoms with E-state index < -0.39 is 23.7 Å². The number of halogens is 4. The van der Waals surface area contributed by atoms with Crippen LogP contribution in [-0.4, -0.2) is 5.11 Å². The highest BCUT2D eigenvalue weighted by molar-refractivity contribution is 5.31.